The summed E-state index contributed by atoms with van der Waals surface area (Å²) in [5.41, 5.74) is 0.438. The van der Waals surface area contributed by atoms with Crippen molar-refractivity contribution in [2.24, 2.45) is 0 Å². The van der Waals surface area contributed by atoms with Crippen molar-refractivity contribution < 1.29 is 32.0 Å². The summed E-state index contributed by atoms with van der Waals surface area (Å²) >= 11 is 0. The largest absolute Gasteiger partial charge is 1.00 e. The van der Waals surface area contributed by atoms with Crippen LogP contribution in [0.15, 0.2) is 121 Å². The van der Waals surface area contributed by atoms with Gasteiger partial charge >= 0.3 is 22.4 Å². The predicted octanol–water partition coefficient (Wildman–Crippen LogP) is 5.19. The molecule has 0 fully saturated rings. The van der Waals surface area contributed by atoms with E-state index in [1.165, 1.54) is 22.8 Å². The van der Waals surface area contributed by atoms with Crippen molar-refractivity contribution in [2.45, 2.75) is 6.92 Å². The van der Waals surface area contributed by atoms with Gasteiger partial charge < -0.3 is 14.9 Å². The molecule has 4 rings (SSSR count). The number of amides is 2. The van der Waals surface area contributed by atoms with Crippen LogP contribution in [0.3, 0.4) is 0 Å². The zero-order valence-electron chi connectivity index (χ0n) is 17.6. The Bertz CT molecular complexity index is 998. The Morgan fingerprint density at radius 2 is 0.875 bits per heavy atom. The zero-order chi connectivity index (χ0) is 21.9. The fourth-order valence-corrected chi connectivity index (χ4v) is 5.27. The molecule has 0 heterocycles. The fraction of sp³-hybridized carbons (Fsp3) is 0.0370. The van der Waals surface area contributed by atoms with E-state index in [0.29, 0.717) is 5.56 Å². The van der Waals surface area contributed by atoms with Crippen molar-refractivity contribution in [1.29, 1.82) is 0 Å². The zero-order valence-corrected chi connectivity index (χ0v) is 19.9. The summed E-state index contributed by atoms with van der Waals surface area (Å²) in [7, 11) is -0.446. The summed E-state index contributed by atoms with van der Waals surface area (Å²) in [6.07, 6.45) is 0. The molecule has 0 radical (unpaired) electrons. The van der Waals surface area contributed by atoms with E-state index in [9.17, 15) is 9.59 Å². The van der Waals surface area contributed by atoms with Gasteiger partial charge in [0.1, 0.15) is 0 Å². The molecule has 0 spiro atoms. The van der Waals surface area contributed by atoms with Gasteiger partial charge in [-0.1, -0.05) is 121 Å². The van der Waals surface area contributed by atoms with E-state index in [1.807, 2.05) is 0 Å². The monoisotopic (exact) mass is 531 g/mol. The smallest absolute Gasteiger partial charge is 0.592 e. The normalized spacial score (nSPS) is 9.69. The van der Waals surface area contributed by atoms with Crippen LogP contribution in [0.5, 0.6) is 0 Å². The Morgan fingerprint density at radius 3 is 1.19 bits per heavy atom. The molecule has 0 unspecified atom stereocenters. The van der Waals surface area contributed by atoms with Crippen LogP contribution in [-0.2, 0) is 27.2 Å². The number of carbonyl (C=O) groups excluding carboxylic acids is 2. The average molecular weight is 532 g/mol. The molecule has 0 aliphatic heterocycles. The van der Waals surface area contributed by atoms with Gasteiger partial charge in [0.25, 0.3) is 0 Å². The SMILES string of the molecule is CC(=O)[N-]C(=O)c1ccccc1.[Ag+].c1ccc(P(c2ccccc2)c2ccccc2)cc1. The van der Waals surface area contributed by atoms with E-state index in [1.54, 1.807) is 30.3 Å². The van der Waals surface area contributed by atoms with Crippen molar-refractivity contribution in [3.8, 4) is 0 Å². The standard InChI is InChI=1S/C18H15P.C9H9NO2.Ag/c1-4-10-16(11-5-1)19(17-12-6-2-7-13-17)18-14-8-3-9-15-18;1-7(11)10-9(12)8-5-3-2-4-6-8;/h1-15H;2-6H,1H3,(H,10,11,12);/q;;+1/p-1. The minimum Gasteiger partial charge on any atom is -0.592 e. The first kappa shape index (κ1) is 25.5. The van der Waals surface area contributed by atoms with Crippen molar-refractivity contribution in [2.75, 3.05) is 0 Å². The second-order valence-corrected chi connectivity index (χ2v) is 8.86. The van der Waals surface area contributed by atoms with Crippen LogP contribution in [0.25, 0.3) is 5.32 Å². The van der Waals surface area contributed by atoms with E-state index in [4.69, 9.17) is 0 Å². The van der Waals surface area contributed by atoms with Crippen molar-refractivity contribution in [1.82, 2.24) is 0 Å². The number of carbonyl (C=O) groups is 2. The number of imide groups is 1. The molecule has 164 valence electrons. The number of benzene rings is 4. The summed E-state index contributed by atoms with van der Waals surface area (Å²) in [4.78, 5) is 21.5. The number of hydrogen-bond acceptors (Lipinski definition) is 2. The van der Waals surface area contributed by atoms with Crippen molar-refractivity contribution in [3.63, 3.8) is 0 Å². The van der Waals surface area contributed by atoms with Gasteiger partial charge in [-0.15, -0.1) is 0 Å². The maximum Gasteiger partial charge on any atom is 1.00 e. The fourth-order valence-electron chi connectivity index (χ4n) is 2.97. The molecule has 0 saturated heterocycles. The average Bonchev–Trinajstić information content (AvgIpc) is 2.82. The third-order valence-corrected chi connectivity index (χ3v) is 6.77. The second kappa shape index (κ2) is 13.6. The van der Waals surface area contributed by atoms with Gasteiger partial charge in [0, 0.05) is 0 Å². The van der Waals surface area contributed by atoms with Gasteiger partial charge in [-0.25, -0.2) is 0 Å². The van der Waals surface area contributed by atoms with Gasteiger partial charge in [-0.3, -0.25) is 0 Å². The Hall–Kier alpha value is -2.81. The minimum absolute atomic E-state index is 0. The van der Waals surface area contributed by atoms with E-state index in [0.717, 1.165) is 0 Å². The van der Waals surface area contributed by atoms with Gasteiger partial charge in [0.2, 0.25) is 0 Å². The summed E-state index contributed by atoms with van der Waals surface area (Å²) in [5, 5.41) is 7.46. The molecule has 32 heavy (non-hydrogen) atoms. The third-order valence-electron chi connectivity index (χ3n) is 4.32. The van der Waals surface area contributed by atoms with Gasteiger partial charge in [0.05, 0.1) is 11.8 Å². The van der Waals surface area contributed by atoms with Crippen LogP contribution < -0.4 is 15.9 Å². The molecule has 2 amide bonds. The Balaban J connectivity index is 0.000000244. The molecule has 0 aliphatic carbocycles. The van der Waals surface area contributed by atoms with E-state index in [2.05, 4.69) is 96.3 Å². The summed E-state index contributed by atoms with van der Waals surface area (Å²) < 4.78 is 0. The quantitative estimate of drug-likeness (QED) is 0.269. The molecular formula is C27H23AgNO2P. The van der Waals surface area contributed by atoms with E-state index in [-0.39, 0.29) is 22.4 Å². The third kappa shape index (κ3) is 7.71. The molecule has 0 bridgehead atoms. The molecule has 3 nitrogen and oxygen atoms in total. The molecule has 0 atom stereocenters. The number of nitrogens with zero attached hydrogens (tertiary/aromatic N) is 1. The second-order valence-electron chi connectivity index (χ2n) is 6.64. The van der Waals surface area contributed by atoms with Crippen molar-refractivity contribution in [3.05, 3.63) is 132 Å². The topological polar surface area (TPSA) is 48.2 Å². The molecule has 0 saturated carbocycles. The number of hydrogen-bond donors (Lipinski definition) is 0. The van der Waals surface area contributed by atoms with Crippen LogP contribution >= 0.6 is 7.92 Å². The van der Waals surface area contributed by atoms with Crippen LogP contribution in [-0.4, -0.2) is 11.8 Å². The van der Waals surface area contributed by atoms with Crippen LogP contribution in [0.2, 0.25) is 0 Å². The Kier molecular flexibility index (Phi) is 10.8. The minimum atomic E-state index is -0.483. The number of rotatable bonds is 4. The maximum atomic E-state index is 11.1. The molecule has 0 aromatic heterocycles. The van der Waals surface area contributed by atoms with Gasteiger partial charge in [-0.2, -0.15) is 0 Å². The molecule has 0 aliphatic rings. The first-order valence-corrected chi connectivity index (χ1v) is 11.3. The van der Waals surface area contributed by atoms with Crippen LogP contribution in [0.4, 0.5) is 0 Å². The maximum absolute atomic E-state index is 11.1. The molecule has 0 N–H and O–H groups in total. The Morgan fingerprint density at radius 1 is 0.562 bits per heavy atom. The van der Waals surface area contributed by atoms with Gasteiger partial charge in [-0.05, 0) is 36.3 Å². The van der Waals surface area contributed by atoms with E-state index < -0.39 is 19.7 Å². The Labute approximate surface area is 206 Å². The summed E-state index contributed by atoms with van der Waals surface area (Å²) in [5.74, 6) is -0.952. The molecule has 5 heteroatoms. The first-order valence-electron chi connectivity index (χ1n) is 9.92. The first-order chi connectivity index (χ1) is 15.1. The molecule has 4 aromatic carbocycles. The molecular weight excluding hydrogens is 509 g/mol. The summed E-state index contributed by atoms with van der Waals surface area (Å²) in [6, 6.07) is 40.8. The van der Waals surface area contributed by atoms with Gasteiger partial charge in [0.15, 0.2) is 0 Å². The van der Waals surface area contributed by atoms with Crippen molar-refractivity contribution >= 4 is 35.6 Å². The predicted molar refractivity (Wildman–Crippen MR) is 130 cm³/mol. The molecule has 4 aromatic rings. The van der Waals surface area contributed by atoms with E-state index >= 15 is 0 Å². The van der Waals surface area contributed by atoms with Crippen LogP contribution in [0, 0.1) is 0 Å². The summed E-state index contributed by atoms with van der Waals surface area (Å²) in [6.45, 7) is 1.25. The van der Waals surface area contributed by atoms with Crippen LogP contribution in [0.1, 0.15) is 17.3 Å².